The van der Waals surface area contributed by atoms with Crippen molar-refractivity contribution >= 4 is 27.5 Å². The Balaban J connectivity index is 1.51. The van der Waals surface area contributed by atoms with E-state index in [1.165, 1.54) is 4.31 Å². The molecule has 1 N–H and O–H groups in total. The van der Waals surface area contributed by atoms with Crippen LogP contribution in [0.2, 0.25) is 0 Å². The van der Waals surface area contributed by atoms with Crippen LogP contribution in [0.4, 0.5) is 5.69 Å². The Hall–Kier alpha value is -3.65. The van der Waals surface area contributed by atoms with Gasteiger partial charge >= 0.3 is 0 Å². The molecule has 0 radical (unpaired) electrons. The maximum atomic E-state index is 13.7. The molecule has 0 saturated carbocycles. The Morgan fingerprint density at radius 2 is 1.65 bits per heavy atom. The molecular weight excluding hydrogens is 486 g/mol. The average Bonchev–Trinajstić information content (AvgIpc) is 3.27. The molecule has 7 nitrogen and oxygen atoms in total. The number of sulfonamides is 1. The van der Waals surface area contributed by atoms with Crippen LogP contribution in [0.5, 0.6) is 0 Å². The third kappa shape index (κ3) is 6.38. The predicted octanol–water partition coefficient (Wildman–Crippen LogP) is 4.25. The van der Waals surface area contributed by atoms with Crippen LogP contribution in [0.3, 0.4) is 0 Å². The fourth-order valence-electron chi connectivity index (χ4n) is 4.44. The minimum Gasteiger partial charge on any atom is -0.350 e. The summed E-state index contributed by atoms with van der Waals surface area (Å²) in [6.45, 7) is 6.85. The number of nitrogens with one attached hydrogen (secondary N) is 1. The molecule has 0 spiro atoms. The lowest BCUT2D eigenvalue weighted by Crippen LogP contribution is -2.41. The molecule has 2 amide bonds. The maximum absolute atomic E-state index is 13.7. The fraction of sp³-hybridized carbons (Fsp3) is 0.310. The smallest absolute Gasteiger partial charge is 0.264 e. The molecule has 0 aromatic heterocycles. The summed E-state index contributed by atoms with van der Waals surface area (Å²) in [5.41, 5.74) is 4.98. The van der Waals surface area contributed by atoms with Crippen molar-refractivity contribution in [1.82, 2.24) is 10.2 Å². The van der Waals surface area contributed by atoms with Crippen LogP contribution in [-0.4, -0.2) is 38.2 Å². The number of benzene rings is 3. The third-order valence-corrected chi connectivity index (χ3v) is 8.33. The summed E-state index contributed by atoms with van der Waals surface area (Å²) >= 11 is 0. The van der Waals surface area contributed by atoms with Crippen LogP contribution in [-0.2, 0) is 32.7 Å². The Bertz CT molecular complexity index is 1400. The average molecular weight is 520 g/mol. The van der Waals surface area contributed by atoms with Gasteiger partial charge in [-0.15, -0.1) is 0 Å². The van der Waals surface area contributed by atoms with Crippen molar-refractivity contribution in [3.05, 3.63) is 94.5 Å². The van der Waals surface area contributed by atoms with Gasteiger partial charge in [0.1, 0.15) is 6.54 Å². The number of amides is 2. The van der Waals surface area contributed by atoms with Crippen molar-refractivity contribution in [2.24, 2.45) is 0 Å². The van der Waals surface area contributed by atoms with Gasteiger partial charge in [0, 0.05) is 26.1 Å². The first-order valence-corrected chi connectivity index (χ1v) is 13.9. The van der Waals surface area contributed by atoms with Crippen molar-refractivity contribution in [3.63, 3.8) is 0 Å². The zero-order chi connectivity index (χ0) is 26.6. The lowest BCUT2D eigenvalue weighted by atomic mass is 10.1. The van der Waals surface area contributed by atoms with Gasteiger partial charge in [-0.2, -0.15) is 0 Å². The van der Waals surface area contributed by atoms with E-state index in [1.54, 1.807) is 30.3 Å². The third-order valence-electron chi connectivity index (χ3n) is 6.56. The van der Waals surface area contributed by atoms with E-state index in [2.05, 4.69) is 5.32 Å². The fourth-order valence-corrected chi connectivity index (χ4v) is 5.92. The minimum atomic E-state index is -3.98. The van der Waals surface area contributed by atoms with Crippen LogP contribution in [0.1, 0.15) is 40.7 Å². The van der Waals surface area contributed by atoms with Gasteiger partial charge in [0.25, 0.3) is 10.0 Å². The number of carbonyl (C=O) groups is 2. The SMILES string of the molecule is Cc1ccc(S(=O)(=O)N(CC(=O)NCc2cccc(CN3CCCC3=O)c2)c2cc(C)ccc2C)cc1. The Morgan fingerprint density at radius 1 is 0.946 bits per heavy atom. The number of anilines is 1. The first kappa shape index (κ1) is 26.4. The van der Waals surface area contributed by atoms with Crippen molar-refractivity contribution in [2.45, 2.75) is 51.6 Å². The monoisotopic (exact) mass is 519 g/mol. The second kappa shape index (κ2) is 11.2. The van der Waals surface area contributed by atoms with Crippen LogP contribution in [0.25, 0.3) is 0 Å². The van der Waals surface area contributed by atoms with E-state index in [1.807, 2.05) is 62.1 Å². The second-order valence-corrected chi connectivity index (χ2v) is 11.5. The molecule has 3 aromatic rings. The summed E-state index contributed by atoms with van der Waals surface area (Å²) in [5, 5.41) is 2.87. The molecule has 1 heterocycles. The predicted molar refractivity (Wildman–Crippen MR) is 145 cm³/mol. The molecule has 0 unspecified atom stereocenters. The van der Waals surface area contributed by atoms with Crippen molar-refractivity contribution in [3.8, 4) is 0 Å². The van der Waals surface area contributed by atoms with Gasteiger partial charge in [0.15, 0.2) is 0 Å². The molecule has 1 aliphatic heterocycles. The summed E-state index contributed by atoms with van der Waals surface area (Å²) < 4.78 is 28.5. The number of nitrogens with zero attached hydrogens (tertiary/aromatic N) is 2. The zero-order valence-electron chi connectivity index (χ0n) is 21.5. The van der Waals surface area contributed by atoms with E-state index in [4.69, 9.17) is 0 Å². The van der Waals surface area contributed by atoms with E-state index in [-0.39, 0.29) is 23.9 Å². The molecule has 194 valence electrons. The normalized spacial score (nSPS) is 13.6. The van der Waals surface area contributed by atoms with Crippen molar-refractivity contribution < 1.29 is 18.0 Å². The summed E-state index contributed by atoms with van der Waals surface area (Å²) in [4.78, 5) is 27.0. The van der Waals surface area contributed by atoms with E-state index < -0.39 is 15.9 Å². The number of rotatable bonds is 9. The quantitative estimate of drug-likeness (QED) is 0.458. The molecule has 1 fully saturated rings. The first-order chi connectivity index (χ1) is 17.6. The molecule has 4 rings (SSSR count). The molecule has 3 aromatic carbocycles. The number of hydrogen-bond donors (Lipinski definition) is 1. The lowest BCUT2D eigenvalue weighted by Gasteiger charge is -2.26. The van der Waals surface area contributed by atoms with Crippen molar-refractivity contribution in [1.29, 1.82) is 0 Å². The van der Waals surface area contributed by atoms with Crippen molar-refractivity contribution in [2.75, 3.05) is 17.4 Å². The van der Waals surface area contributed by atoms with Gasteiger partial charge in [0.2, 0.25) is 11.8 Å². The van der Waals surface area contributed by atoms with E-state index in [9.17, 15) is 18.0 Å². The van der Waals surface area contributed by atoms with E-state index in [0.717, 1.165) is 40.8 Å². The second-order valence-electron chi connectivity index (χ2n) is 9.63. The summed E-state index contributed by atoms with van der Waals surface area (Å²) in [6, 6.07) is 19.9. The first-order valence-electron chi connectivity index (χ1n) is 12.4. The van der Waals surface area contributed by atoms with Crippen LogP contribution in [0, 0.1) is 20.8 Å². The van der Waals surface area contributed by atoms with Gasteiger partial charge in [-0.25, -0.2) is 8.42 Å². The standard InChI is InChI=1S/C29H33N3O4S/c1-21-10-13-26(14-11-21)37(35,36)32(27-16-22(2)9-12-23(27)3)20-28(33)30-18-24-6-4-7-25(17-24)19-31-15-5-8-29(31)34/h4,6-7,9-14,16-17H,5,8,15,18-20H2,1-3H3,(H,30,33). The van der Waals surface area contributed by atoms with Crippen LogP contribution >= 0.6 is 0 Å². The van der Waals surface area contributed by atoms with Gasteiger partial charge in [-0.05, 0) is 67.6 Å². The molecule has 0 aliphatic carbocycles. The van der Waals surface area contributed by atoms with Gasteiger partial charge in [0.05, 0.1) is 10.6 Å². The number of aryl methyl sites for hydroxylation is 3. The molecule has 8 heteroatoms. The minimum absolute atomic E-state index is 0.135. The van der Waals surface area contributed by atoms with Gasteiger partial charge in [-0.3, -0.25) is 13.9 Å². The lowest BCUT2D eigenvalue weighted by molar-refractivity contribution is -0.128. The molecule has 37 heavy (non-hydrogen) atoms. The highest BCUT2D eigenvalue weighted by atomic mass is 32.2. The molecule has 0 atom stereocenters. The summed E-state index contributed by atoms with van der Waals surface area (Å²) in [6.07, 6.45) is 1.48. The summed E-state index contributed by atoms with van der Waals surface area (Å²) in [5.74, 6) is -0.239. The molecule has 0 bridgehead atoms. The Kier molecular flexibility index (Phi) is 7.97. The van der Waals surface area contributed by atoms with Crippen LogP contribution in [0.15, 0.2) is 71.6 Å². The Labute approximate surface area is 219 Å². The molecular formula is C29H33N3O4S. The Morgan fingerprint density at radius 3 is 2.35 bits per heavy atom. The van der Waals surface area contributed by atoms with Gasteiger partial charge in [-0.1, -0.05) is 54.1 Å². The largest absolute Gasteiger partial charge is 0.350 e. The highest BCUT2D eigenvalue weighted by molar-refractivity contribution is 7.92. The van der Waals surface area contributed by atoms with E-state index in [0.29, 0.717) is 18.7 Å². The summed E-state index contributed by atoms with van der Waals surface area (Å²) in [7, 11) is -3.98. The van der Waals surface area contributed by atoms with Gasteiger partial charge < -0.3 is 10.2 Å². The highest BCUT2D eigenvalue weighted by Crippen LogP contribution is 2.28. The van der Waals surface area contributed by atoms with Crippen LogP contribution < -0.4 is 9.62 Å². The molecule has 1 aliphatic rings. The molecule has 1 saturated heterocycles. The van der Waals surface area contributed by atoms with E-state index >= 15 is 0 Å². The highest BCUT2D eigenvalue weighted by Gasteiger charge is 2.28. The maximum Gasteiger partial charge on any atom is 0.264 e. The number of carbonyl (C=O) groups excluding carboxylic acids is 2. The number of hydrogen-bond acceptors (Lipinski definition) is 4. The topological polar surface area (TPSA) is 86.8 Å². The zero-order valence-corrected chi connectivity index (χ0v) is 22.3. The number of likely N-dealkylation sites (tertiary alicyclic amines) is 1.